The van der Waals surface area contributed by atoms with Crippen LogP contribution in [0.4, 0.5) is 0 Å². The Kier molecular flexibility index (Phi) is 7.42. The zero-order valence-electron chi connectivity index (χ0n) is 25.9. The molecule has 0 spiro atoms. The highest BCUT2D eigenvalue weighted by molar-refractivity contribution is 7.20. The van der Waals surface area contributed by atoms with E-state index in [-0.39, 0.29) is 52.8 Å². The van der Waals surface area contributed by atoms with Crippen LogP contribution in [0.15, 0.2) is 48.5 Å². The van der Waals surface area contributed by atoms with E-state index in [1.165, 1.54) is 16.2 Å². The minimum Gasteiger partial charge on any atom is -0.356 e. The van der Waals surface area contributed by atoms with E-state index in [4.69, 9.17) is 0 Å². The van der Waals surface area contributed by atoms with Crippen molar-refractivity contribution >= 4 is 61.9 Å². The van der Waals surface area contributed by atoms with Gasteiger partial charge in [-0.1, -0.05) is 38.1 Å². The standard InChI is InChI=1S/C34H36N6O5S/c1-17-7-6-9-21-19(17)14-24(37-21)31(44)36-15-26(41)40-16-20-27(34(20,2)3)28(40)32(45)38-23(13-18-11-12-35-30(18)43)29(42)33-39-22-8-4-5-10-25(22)46-33/h4-10,14,18,20,23,27-28,37H,11-13,15-16H2,1-3H3,(H,35,43)(H,36,44)(H,38,45)/t18-,20-,23-,27-,28-/m0/s1. The molecule has 4 aromatic rings. The third-order valence-corrected chi connectivity index (χ3v) is 11.2. The average Bonchev–Trinajstić information content (AvgIpc) is 3.68. The van der Waals surface area contributed by atoms with Crippen molar-refractivity contribution in [1.29, 1.82) is 0 Å². The van der Waals surface area contributed by atoms with Gasteiger partial charge in [-0.05, 0) is 66.8 Å². The number of benzene rings is 2. The predicted molar refractivity (Wildman–Crippen MR) is 173 cm³/mol. The van der Waals surface area contributed by atoms with Gasteiger partial charge >= 0.3 is 0 Å². The molecule has 5 atom stereocenters. The van der Waals surface area contributed by atoms with Crippen LogP contribution < -0.4 is 16.0 Å². The molecule has 238 valence electrons. The van der Waals surface area contributed by atoms with Gasteiger partial charge in [-0.2, -0.15) is 0 Å². The Morgan fingerprint density at radius 2 is 1.93 bits per heavy atom. The van der Waals surface area contributed by atoms with E-state index in [9.17, 15) is 24.0 Å². The summed E-state index contributed by atoms with van der Waals surface area (Å²) in [4.78, 5) is 76.1. The molecule has 0 bridgehead atoms. The van der Waals surface area contributed by atoms with Crippen LogP contribution in [-0.4, -0.2) is 76.0 Å². The number of rotatable bonds is 9. The third-order valence-electron chi connectivity index (χ3n) is 10.1. The number of fused-ring (bicyclic) bond motifs is 3. The molecule has 0 unspecified atom stereocenters. The third kappa shape index (κ3) is 5.24. The SMILES string of the molecule is Cc1cccc2[nH]c(C(=O)NCC(=O)N3C[C@H]4[C@@H]([C@H]3C(=O)N[C@@H](C[C@@H]3CCNC3=O)C(=O)c3nc5ccccc5s3)C4(C)C)cc12. The number of aromatic nitrogens is 2. The van der Waals surface area contributed by atoms with E-state index >= 15 is 0 Å². The van der Waals surface area contributed by atoms with Crippen molar-refractivity contribution < 1.29 is 24.0 Å². The Morgan fingerprint density at radius 1 is 1.13 bits per heavy atom. The van der Waals surface area contributed by atoms with Crippen molar-refractivity contribution in [2.75, 3.05) is 19.6 Å². The minimum atomic E-state index is -0.982. The van der Waals surface area contributed by atoms with Gasteiger partial charge in [-0.3, -0.25) is 24.0 Å². The topological polar surface area (TPSA) is 153 Å². The number of para-hydroxylation sites is 1. The van der Waals surface area contributed by atoms with Gasteiger partial charge in [-0.15, -0.1) is 11.3 Å². The van der Waals surface area contributed by atoms with Crippen LogP contribution in [0, 0.1) is 30.1 Å². The van der Waals surface area contributed by atoms with Crippen LogP contribution in [0.25, 0.3) is 21.1 Å². The van der Waals surface area contributed by atoms with Gasteiger partial charge < -0.3 is 25.8 Å². The number of carbonyl (C=O) groups is 5. The van der Waals surface area contributed by atoms with E-state index in [0.29, 0.717) is 30.7 Å². The van der Waals surface area contributed by atoms with E-state index in [1.807, 2.05) is 49.4 Å². The number of amides is 4. The number of thiazole rings is 1. The number of carbonyl (C=O) groups excluding carboxylic acids is 5. The lowest BCUT2D eigenvalue weighted by Crippen LogP contribution is -2.55. The summed E-state index contributed by atoms with van der Waals surface area (Å²) < 4.78 is 0.856. The van der Waals surface area contributed by atoms with Crippen LogP contribution in [0.1, 0.15) is 52.5 Å². The van der Waals surface area contributed by atoms with E-state index in [0.717, 1.165) is 21.2 Å². The highest BCUT2D eigenvalue weighted by Gasteiger charge is 2.69. The van der Waals surface area contributed by atoms with Crippen molar-refractivity contribution in [3.63, 3.8) is 0 Å². The molecule has 1 aliphatic carbocycles. The maximum atomic E-state index is 14.1. The quantitative estimate of drug-likeness (QED) is 0.206. The lowest BCUT2D eigenvalue weighted by atomic mass is 9.94. The Morgan fingerprint density at radius 3 is 2.67 bits per heavy atom. The molecular weight excluding hydrogens is 604 g/mol. The van der Waals surface area contributed by atoms with Crippen LogP contribution in [0.3, 0.4) is 0 Å². The summed E-state index contributed by atoms with van der Waals surface area (Å²) >= 11 is 1.26. The van der Waals surface area contributed by atoms with Crippen LogP contribution in [0.5, 0.6) is 0 Å². The summed E-state index contributed by atoms with van der Waals surface area (Å²) in [6, 6.07) is 13.2. The van der Waals surface area contributed by atoms with Crippen molar-refractivity contribution in [3.05, 3.63) is 64.8 Å². The van der Waals surface area contributed by atoms with Crippen molar-refractivity contribution in [2.24, 2.45) is 23.2 Å². The summed E-state index contributed by atoms with van der Waals surface area (Å²) in [5.41, 5.74) is 2.76. The Bertz CT molecular complexity index is 1880. The van der Waals surface area contributed by atoms with Gasteiger partial charge in [0.15, 0.2) is 5.01 Å². The van der Waals surface area contributed by atoms with Crippen molar-refractivity contribution in [3.8, 4) is 0 Å². The maximum absolute atomic E-state index is 14.1. The first-order valence-corrected chi connectivity index (χ1v) is 16.5. The van der Waals surface area contributed by atoms with Gasteiger partial charge in [0, 0.05) is 29.9 Å². The molecule has 46 heavy (non-hydrogen) atoms. The maximum Gasteiger partial charge on any atom is 0.268 e. The number of nitrogens with zero attached hydrogens (tertiary/aromatic N) is 2. The fraction of sp³-hybridized carbons (Fsp3) is 0.412. The van der Waals surface area contributed by atoms with Gasteiger partial charge in [0.25, 0.3) is 5.91 Å². The summed E-state index contributed by atoms with van der Waals surface area (Å²) in [6.45, 7) is 6.76. The molecule has 0 radical (unpaired) electrons. The normalized spacial score (nSPS) is 23.6. The first-order valence-electron chi connectivity index (χ1n) is 15.7. The number of likely N-dealkylation sites (tertiary alicyclic amines) is 1. The Hall–Kier alpha value is -4.58. The molecule has 7 rings (SSSR count). The lowest BCUT2D eigenvalue weighted by Gasteiger charge is -2.31. The number of piperidine rings is 1. The highest BCUT2D eigenvalue weighted by atomic mass is 32.1. The van der Waals surface area contributed by atoms with Gasteiger partial charge in [-0.25, -0.2) is 4.98 Å². The molecule has 4 N–H and O–H groups in total. The number of H-pyrrole nitrogens is 1. The van der Waals surface area contributed by atoms with Gasteiger partial charge in [0.05, 0.1) is 22.8 Å². The predicted octanol–water partition coefficient (Wildman–Crippen LogP) is 3.19. The second-order valence-corrected chi connectivity index (χ2v) is 14.3. The van der Waals surface area contributed by atoms with Crippen LogP contribution >= 0.6 is 11.3 Å². The molecule has 3 aliphatic rings. The molecule has 4 heterocycles. The number of ketones is 1. The molecule has 4 amide bonds. The minimum absolute atomic E-state index is 0.0863. The number of nitrogens with one attached hydrogen (secondary N) is 4. The van der Waals surface area contributed by atoms with E-state index in [2.05, 4.69) is 39.8 Å². The second kappa shape index (κ2) is 11.3. The van der Waals surface area contributed by atoms with Crippen molar-refractivity contribution in [1.82, 2.24) is 30.8 Å². The fourth-order valence-corrected chi connectivity index (χ4v) is 8.35. The smallest absolute Gasteiger partial charge is 0.268 e. The highest BCUT2D eigenvalue weighted by Crippen LogP contribution is 2.64. The molecule has 11 nitrogen and oxygen atoms in total. The zero-order chi connectivity index (χ0) is 32.3. The summed E-state index contributed by atoms with van der Waals surface area (Å²) in [7, 11) is 0. The van der Waals surface area contributed by atoms with Crippen LogP contribution in [-0.2, 0) is 14.4 Å². The number of hydrogen-bond acceptors (Lipinski definition) is 7. The number of aryl methyl sites for hydroxylation is 1. The number of hydrogen-bond donors (Lipinski definition) is 4. The zero-order valence-corrected chi connectivity index (χ0v) is 26.7. The van der Waals surface area contributed by atoms with E-state index in [1.54, 1.807) is 6.07 Å². The Labute approximate surface area is 269 Å². The average molecular weight is 641 g/mol. The van der Waals surface area contributed by atoms with E-state index < -0.39 is 29.8 Å². The fourth-order valence-electron chi connectivity index (χ4n) is 7.39. The molecule has 12 heteroatoms. The summed E-state index contributed by atoms with van der Waals surface area (Å²) in [5, 5.41) is 9.68. The summed E-state index contributed by atoms with van der Waals surface area (Å²) in [6.07, 6.45) is 0.713. The lowest BCUT2D eigenvalue weighted by molar-refractivity contribution is -0.139. The molecule has 3 fully saturated rings. The molecular formula is C34H36N6O5S. The second-order valence-electron chi connectivity index (χ2n) is 13.3. The largest absolute Gasteiger partial charge is 0.356 e. The monoisotopic (exact) mass is 640 g/mol. The number of aromatic amines is 1. The van der Waals surface area contributed by atoms with Crippen LogP contribution in [0.2, 0.25) is 0 Å². The molecule has 2 aromatic heterocycles. The molecule has 2 saturated heterocycles. The number of Topliss-reactive ketones (excluding diaryl/α,β-unsaturated/α-hetero) is 1. The first-order chi connectivity index (χ1) is 22.0. The van der Waals surface area contributed by atoms with Gasteiger partial charge in [0.2, 0.25) is 23.5 Å². The first kappa shape index (κ1) is 30.1. The molecule has 2 aromatic carbocycles. The van der Waals surface area contributed by atoms with Crippen molar-refractivity contribution in [2.45, 2.75) is 45.7 Å². The molecule has 2 aliphatic heterocycles. The van der Waals surface area contributed by atoms with Gasteiger partial charge in [0.1, 0.15) is 11.7 Å². The Balaban J connectivity index is 1.08. The summed E-state index contributed by atoms with van der Waals surface area (Å²) in [5.74, 6) is -2.08. The molecule has 1 saturated carbocycles.